The second-order valence-corrected chi connectivity index (χ2v) is 3.62. The largest absolute Gasteiger partial charge is 0.466 e. The molecule has 0 radical (unpaired) electrons. The first-order valence-electron chi connectivity index (χ1n) is 4.54. The lowest BCUT2D eigenvalue weighted by Gasteiger charge is -2.06. The Labute approximate surface area is 75.9 Å². The molecule has 1 N–H and O–H groups in total. The van der Waals surface area contributed by atoms with E-state index in [1.807, 2.05) is 0 Å². The van der Waals surface area contributed by atoms with E-state index in [0.717, 1.165) is 0 Å². The fourth-order valence-corrected chi connectivity index (χ4v) is 2.25. The van der Waals surface area contributed by atoms with Crippen molar-refractivity contribution >= 4 is 11.8 Å². The zero-order chi connectivity index (χ0) is 9.59. The second kappa shape index (κ2) is 2.80. The molecule has 0 aliphatic heterocycles. The molecule has 13 heavy (non-hydrogen) atoms. The van der Waals surface area contributed by atoms with Crippen molar-refractivity contribution in [1.82, 2.24) is 0 Å². The van der Waals surface area contributed by atoms with Crippen LogP contribution in [0.2, 0.25) is 0 Å². The van der Waals surface area contributed by atoms with Crippen molar-refractivity contribution in [3.05, 3.63) is 0 Å². The van der Waals surface area contributed by atoms with E-state index in [2.05, 4.69) is 0 Å². The van der Waals surface area contributed by atoms with Gasteiger partial charge in [-0.05, 0) is 6.92 Å². The zero-order valence-corrected chi connectivity index (χ0v) is 7.40. The van der Waals surface area contributed by atoms with Crippen molar-refractivity contribution in [2.24, 2.45) is 17.8 Å². The van der Waals surface area contributed by atoms with Crippen LogP contribution in [-0.4, -0.2) is 29.6 Å². The molecule has 0 aromatic heterocycles. The van der Waals surface area contributed by atoms with Crippen LogP contribution in [0.15, 0.2) is 0 Å². The Kier molecular flexibility index (Phi) is 1.87. The van der Waals surface area contributed by atoms with Gasteiger partial charge in [0.15, 0.2) is 0 Å². The van der Waals surface area contributed by atoms with Crippen LogP contribution < -0.4 is 0 Å². The summed E-state index contributed by atoms with van der Waals surface area (Å²) in [5.41, 5.74) is 0. The van der Waals surface area contributed by atoms with Crippen molar-refractivity contribution in [3.8, 4) is 0 Å². The second-order valence-electron chi connectivity index (χ2n) is 3.62. The van der Waals surface area contributed by atoms with Gasteiger partial charge in [-0.25, -0.2) is 0 Å². The van der Waals surface area contributed by atoms with Gasteiger partial charge in [-0.2, -0.15) is 0 Å². The van der Waals surface area contributed by atoms with Crippen molar-refractivity contribution in [1.29, 1.82) is 0 Å². The Bertz CT molecular complexity index is 260. The molecule has 2 aliphatic rings. The first-order chi connectivity index (χ1) is 6.16. The molecular weight excluding hydrogens is 172 g/mol. The minimum absolute atomic E-state index is 0.00977. The molecule has 4 unspecified atom stereocenters. The van der Waals surface area contributed by atoms with E-state index in [0.29, 0.717) is 6.61 Å². The number of ketones is 1. The third kappa shape index (κ3) is 1.16. The molecule has 2 saturated carbocycles. The van der Waals surface area contributed by atoms with Gasteiger partial charge in [0.1, 0.15) is 5.78 Å². The van der Waals surface area contributed by atoms with E-state index in [-0.39, 0.29) is 35.9 Å². The van der Waals surface area contributed by atoms with Crippen LogP contribution in [0.25, 0.3) is 0 Å². The predicted molar refractivity (Wildman–Crippen MR) is 42.7 cm³/mol. The topological polar surface area (TPSA) is 63.6 Å². The van der Waals surface area contributed by atoms with Gasteiger partial charge in [-0.1, -0.05) is 0 Å². The SMILES string of the molecule is CCOC(=O)C1C2C(=O)CC(O)C21. The van der Waals surface area contributed by atoms with Crippen LogP contribution in [0, 0.1) is 17.8 Å². The standard InChI is InChI=1S/C9H12O4/c1-2-13-9(12)8-6-4(10)3-5(11)7(6)8/h4,6-8,10H,2-3H2,1H3. The fourth-order valence-electron chi connectivity index (χ4n) is 2.25. The number of ether oxygens (including phenoxy) is 1. The van der Waals surface area contributed by atoms with Crippen LogP contribution in [-0.2, 0) is 14.3 Å². The molecule has 0 spiro atoms. The molecule has 0 bridgehead atoms. The van der Waals surface area contributed by atoms with E-state index < -0.39 is 6.10 Å². The maximum atomic E-state index is 11.2. The third-order valence-electron chi connectivity index (χ3n) is 2.86. The predicted octanol–water partition coefficient (Wildman–Crippen LogP) is -0.255. The molecule has 72 valence electrons. The maximum absolute atomic E-state index is 11.2. The molecule has 0 aromatic carbocycles. The van der Waals surface area contributed by atoms with Crippen LogP contribution >= 0.6 is 0 Å². The van der Waals surface area contributed by atoms with Gasteiger partial charge in [0.05, 0.1) is 18.6 Å². The Morgan fingerprint density at radius 3 is 2.85 bits per heavy atom. The van der Waals surface area contributed by atoms with Gasteiger partial charge >= 0.3 is 5.97 Å². The normalized spacial score (nSPS) is 41.5. The number of fused-ring (bicyclic) bond motifs is 1. The van der Waals surface area contributed by atoms with Crippen molar-refractivity contribution in [3.63, 3.8) is 0 Å². The number of esters is 1. The van der Waals surface area contributed by atoms with Gasteiger partial charge in [-0.15, -0.1) is 0 Å². The monoisotopic (exact) mass is 184 g/mol. The molecule has 4 nitrogen and oxygen atoms in total. The van der Waals surface area contributed by atoms with Gasteiger partial charge in [0.25, 0.3) is 0 Å². The van der Waals surface area contributed by atoms with Crippen LogP contribution in [0.4, 0.5) is 0 Å². The average Bonchev–Trinajstić information content (AvgIpc) is 2.72. The molecule has 4 heteroatoms. The molecule has 2 fully saturated rings. The summed E-state index contributed by atoms with van der Waals surface area (Å²) in [6.45, 7) is 2.06. The van der Waals surface area contributed by atoms with Crippen LogP contribution in [0.5, 0.6) is 0 Å². The highest BCUT2D eigenvalue weighted by molar-refractivity contribution is 5.95. The molecule has 4 atom stereocenters. The molecule has 0 aromatic rings. The van der Waals surface area contributed by atoms with E-state index in [1.54, 1.807) is 6.92 Å². The minimum Gasteiger partial charge on any atom is -0.466 e. The van der Waals surface area contributed by atoms with E-state index in [9.17, 15) is 14.7 Å². The third-order valence-corrected chi connectivity index (χ3v) is 2.86. The van der Waals surface area contributed by atoms with Gasteiger partial charge in [0, 0.05) is 18.3 Å². The summed E-state index contributed by atoms with van der Waals surface area (Å²) < 4.78 is 4.80. The Hall–Kier alpha value is -0.900. The molecule has 0 saturated heterocycles. The zero-order valence-electron chi connectivity index (χ0n) is 7.40. The van der Waals surface area contributed by atoms with Gasteiger partial charge in [-0.3, -0.25) is 9.59 Å². The molecule has 0 heterocycles. The van der Waals surface area contributed by atoms with Gasteiger partial charge < -0.3 is 9.84 Å². The lowest BCUT2D eigenvalue weighted by atomic mass is 10.1. The number of carbonyl (C=O) groups excluding carboxylic acids is 2. The minimum atomic E-state index is -0.619. The summed E-state index contributed by atoms with van der Waals surface area (Å²) in [5, 5.41) is 9.37. The van der Waals surface area contributed by atoms with E-state index in [4.69, 9.17) is 4.74 Å². The number of Topliss-reactive ketones (excluding diaryl/α,β-unsaturated/α-hetero) is 1. The number of hydrogen-bond acceptors (Lipinski definition) is 4. The quantitative estimate of drug-likeness (QED) is 0.601. The van der Waals surface area contributed by atoms with E-state index in [1.165, 1.54) is 0 Å². The number of aliphatic hydroxyl groups is 1. The number of carbonyl (C=O) groups is 2. The summed E-state index contributed by atoms with van der Waals surface area (Å²) in [5.74, 6) is -1.06. The molecule has 2 aliphatic carbocycles. The van der Waals surface area contributed by atoms with Gasteiger partial charge in [0.2, 0.25) is 0 Å². The average molecular weight is 184 g/mol. The Morgan fingerprint density at radius 1 is 1.69 bits per heavy atom. The van der Waals surface area contributed by atoms with E-state index >= 15 is 0 Å². The van der Waals surface area contributed by atoms with Crippen LogP contribution in [0.3, 0.4) is 0 Å². The number of hydrogen-bond donors (Lipinski definition) is 1. The number of rotatable bonds is 2. The highest BCUT2D eigenvalue weighted by Gasteiger charge is 2.66. The van der Waals surface area contributed by atoms with Crippen molar-refractivity contribution in [2.45, 2.75) is 19.4 Å². The Morgan fingerprint density at radius 2 is 2.38 bits per heavy atom. The fraction of sp³-hybridized carbons (Fsp3) is 0.778. The molecule has 0 amide bonds. The first-order valence-corrected chi connectivity index (χ1v) is 4.54. The smallest absolute Gasteiger partial charge is 0.310 e. The maximum Gasteiger partial charge on any atom is 0.310 e. The van der Waals surface area contributed by atoms with Crippen molar-refractivity contribution in [2.75, 3.05) is 6.61 Å². The lowest BCUT2D eigenvalue weighted by molar-refractivity contribution is -0.147. The lowest BCUT2D eigenvalue weighted by Crippen LogP contribution is -2.18. The highest BCUT2D eigenvalue weighted by atomic mass is 16.5. The van der Waals surface area contributed by atoms with Crippen molar-refractivity contribution < 1.29 is 19.4 Å². The summed E-state index contributed by atoms with van der Waals surface area (Å²) in [4.78, 5) is 22.4. The summed E-state index contributed by atoms with van der Waals surface area (Å²) >= 11 is 0. The van der Waals surface area contributed by atoms with Crippen LogP contribution in [0.1, 0.15) is 13.3 Å². The molecular formula is C9H12O4. The summed E-state index contributed by atoms with van der Waals surface area (Å²) in [6.07, 6.45) is -0.405. The number of aliphatic hydroxyl groups excluding tert-OH is 1. The Balaban J connectivity index is 2.00. The summed E-state index contributed by atoms with van der Waals surface area (Å²) in [6, 6.07) is 0. The first kappa shape index (κ1) is 8.69. The highest BCUT2D eigenvalue weighted by Crippen LogP contribution is 2.55. The summed E-state index contributed by atoms with van der Waals surface area (Å²) in [7, 11) is 0. The molecule has 2 rings (SSSR count).